The third kappa shape index (κ3) is 6.05. The summed E-state index contributed by atoms with van der Waals surface area (Å²) in [6, 6.07) is 8.60. The fourth-order valence-electron chi connectivity index (χ4n) is 3.04. The molecule has 1 aromatic carbocycles. The van der Waals surface area contributed by atoms with Gasteiger partial charge in [0, 0.05) is 66.8 Å². The van der Waals surface area contributed by atoms with Gasteiger partial charge in [0.1, 0.15) is 0 Å². The molecule has 2 rings (SSSR count). The minimum Gasteiger partial charge on any atom is -0.355 e. The molecule has 0 saturated carbocycles. The van der Waals surface area contributed by atoms with Crippen LogP contribution >= 0.6 is 0 Å². The largest absolute Gasteiger partial charge is 0.355 e. The minimum atomic E-state index is 0.177. The lowest BCUT2D eigenvalue weighted by Gasteiger charge is -2.34. The average Bonchev–Trinajstić information content (AvgIpc) is 2.61. The number of nitrogens with one attached hydrogen (secondary N) is 1. The van der Waals surface area contributed by atoms with Gasteiger partial charge in [-0.25, -0.2) is 0 Å². The second-order valence-electron chi connectivity index (χ2n) is 6.66. The molecule has 6 heteroatoms. The molecule has 1 aliphatic rings. The van der Waals surface area contributed by atoms with E-state index in [9.17, 15) is 4.79 Å². The van der Waals surface area contributed by atoms with Crippen LogP contribution in [-0.2, 0) is 11.3 Å². The molecule has 1 saturated heterocycles. The Morgan fingerprint density at radius 3 is 2.40 bits per heavy atom. The quantitative estimate of drug-likeness (QED) is 0.643. The molecule has 1 aromatic rings. The van der Waals surface area contributed by atoms with Crippen LogP contribution in [0.3, 0.4) is 0 Å². The lowest BCUT2D eigenvalue weighted by molar-refractivity contribution is -0.130. The van der Waals surface area contributed by atoms with E-state index in [0.29, 0.717) is 0 Å². The smallest absolute Gasteiger partial charge is 0.219 e. The second kappa shape index (κ2) is 9.42. The topological polar surface area (TPSA) is 51.2 Å². The van der Waals surface area contributed by atoms with Gasteiger partial charge in [-0.1, -0.05) is 29.8 Å². The first-order valence-corrected chi connectivity index (χ1v) is 8.95. The molecule has 25 heavy (non-hydrogen) atoms. The maximum atomic E-state index is 11.4. The third-order valence-corrected chi connectivity index (χ3v) is 4.64. The molecular weight excluding hydrogens is 314 g/mol. The van der Waals surface area contributed by atoms with Crippen molar-refractivity contribution in [1.82, 2.24) is 20.0 Å². The van der Waals surface area contributed by atoms with Crippen molar-refractivity contribution in [2.24, 2.45) is 4.99 Å². The van der Waals surface area contributed by atoms with Gasteiger partial charge >= 0.3 is 0 Å². The van der Waals surface area contributed by atoms with E-state index in [4.69, 9.17) is 0 Å². The van der Waals surface area contributed by atoms with E-state index in [-0.39, 0.29) is 5.91 Å². The molecule has 1 fully saturated rings. The number of benzene rings is 1. The maximum Gasteiger partial charge on any atom is 0.219 e. The Morgan fingerprint density at radius 1 is 1.20 bits per heavy atom. The molecule has 0 aliphatic carbocycles. The molecule has 138 valence electrons. The van der Waals surface area contributed by atoms with E-state index < -0.39 is 0 Å². The van der Waals surface area contributed by atoms with Gasteiger partial charge in [-0.15, -0.1) is 0 Å². The Kier molecular flexibility index (Phi) is 7.25. The number of nitrogens with zero attached hydrogens (tertiary/aromatic N) is 4. The summed E-state index contributed by atoms with van der Waals surface area (Å²) in [5.41, 5.74) is 2.55. The van der Waals surface area contributed by atoms with E-state index in [1.165, 1.54) is 11.1 Å². The Bertz CT molecular complexity index is 576. The van der Waals surface area contributed by atoms with E-state index in [2.05, 4.69) is 58.3 Å². The van der Waals surface area contributed by atoms with Crippen molar-refractivity contribution in [2.45, 2.75) is 20.4 Å². The van der Waals surface area contributed by atoms with Crippen LogP contribution in [0.5, 0.6) is 0 Å². The first-order valence-electron chi connectivity index (χ1n) is 8.95. The van der Waals surface area contributed by atoms with E-state index in [1.807, 2.05) is 11.9 Å². The first-order chi connectivity index (χ1) is 12.0. The lowest BCUT2D eigenvalue weighted by Crippen LogP contribution is -2.50. The zero-order valence-corrected chi connectivity index (χ0v) is 16.0. The van der Waals surface area contributed by atoms with E-state index >= 15 is 0 Å². The van der Waals surface area contributed by atoms with Crippen LogP contribution in [0.4, 0.5) is 0 Å². The van der Waals surface area contributed by atoms with Gasteiger partial charge in [-0.2, -0.15) is 0 Å². The number of aryl methyl sites for hydroxylation is 1. The van der Waals surface area contributed by atoms with Gasteiger partial charge < -0.3 is 15.1 Å². The third-order valence-electron chi connectivity index (χ3n) is 4.64. The van der Waals surface area contributed by atoms with Crippen LogP contribution in [0, 0.1) is 6.92 Å². The zero-order chi connectivity index (χ0) is 18.2. The first kappa shape index (κ1) is 19.2. The highest BCUT2D eigenvalue weighted by Gasteiger charge is 2.18. The highest BCUT2D eigenvalue weighted by molar-refractivity contribution is 5.79. The molecule has 0 spiro atoms. The normalized spacial score (nSPS) is 16.0. The molecule has 0 atom stereocenters. The Balaban J connectivity index is 1.73. The van der Waals surface area contributed by atoms with Crippen molar-refractivity contribution in [3.63, 3.8) is 0 Å². The fraction of sp³-hybridized carbons (Fsp3) is 0.579. The molecule has 1 amide bonds. The molecular formula is C19H31N5O. The van der Waals surface area contributed by atoms with Crippen molar-refractivity contribution in [1.29, 1.82) is 0 Å². The van der Waals surface area contributed by atoms with Gasteiger partial charge in [-0.3, -0.25) is 14.7 Å². The summed E-state index contributed by atoms with van der Waals surface area (Å²) in [7, 11) is 3.88. The van der Waals surface area contributed by atoms with Gasteiger partial charge in [0.2, 0.25) is 5.91 Å². The molecule has 0 radical (unpaired) electrons. The number of carbonyl (C=O) groups excluding carboxylic acids is 1. The van der Waals surface area contributed by atoms with Crippen molar-refractivity contribution < 1.29 is 4.79 Å². The Labute approximate surface area is 151 Å². The molecule has 6 nitrogen and oxygen atoms in total. The van der Waals surface area contributed by atoms with Gasteiger partial charge in [0.05, 0.1) is 0 Å². The fourth-order valence-corrected chi connectivity index (χ4v) is 3.04. The summed E-state index contributed by atoms with van der Waals surface area (Å²) in [6.07, 6.45) is 0. The highest BCUT2D eigenvalue weighted by atomic mass is 16.2. The summed E-state index contributed by atoms with van der Waals surface area (Å²) in [5.74, 6) is 1.08. The van der Waals surface area contributed by atoms with Crippen molar-refractivity contribution >= 4 is 11.9 Å². The summed E-state index contributed by atoms with van der Waals surface area (Å²) in [4.78, 5) is 22.2. The summed E-state index contributed by atoms with van der Waals surface area (Å²) in [6.45, 7) is 9.94. The second-order valence-corrected chi connectivity index (χ2v) is 6.66. The minimum absolute atomic E-state index is 0.177. The molecule has 0 unspecified atom stereocenters. The average molecular weight is 345 g/mol. The van der Waals surface area contributed by atoms with Gasteiger partial charge in [-0.05, 0) is 12.5 Å². The number of hydrogen-bond donors (Lipinski definition) is 1. The summed E-state index contributed by atoms with van der Waals surface area (Å²) < 4.78 is 0. The molecule has 1 N–H and O–H groups in total. The number of aliphatic imine (C=N–C) groups is 1. The van der Waals surface area contributed by atoms with Crippen LogP contribution in [0.1, 0.15) is 18.1 Å². The molecule has 1 aliphatic heterocycles. The summed E-state index contributed by atoms with van der Waals surface area (Å²) in [5, 5.41) is 3.44. The van der Waals surface area contributed by atoms with E-state index in [0.717, 1.165) is 51.8 Å². The summed E-state index contributed by atoms with van der Waals surface area (Å²) >= 11 is 0. The van der Waals surface area contributed by atoms with Crippen LogP contribution in [-0.4, -0.2) is 79.9 Å². The number of guanidine groups is 1. The number of hydrogen-bond acceptors (Lipinski definition) is 3. The number of carbonyl (C=O) groups is 1. The zero-order valence-electron chi connectivity index (χ0n) is 16.0. The van der Waals surface area contributed by atoms with Gasteiger partial charge in [0.15, 0.2) is 5.96 Å². The standard InChI is InChI=1S/C19H31N5O/c1-16-5-7-18(8-6-16)15-22(4)19(20-3)21-9-10-23-11-13-24(14-12-23)17(2)25/h5-8H,9-15H2,1-4H3,(H,20,21). The van der Waals surface area contributed by atoms with Crippen LogP contribution in [0.25, 0.3) is 0 Å². The molecule has 1 heterocycles. The molecule has 0 bridgehead atoms. The maximum absolute atomic E-state index is 11.4. The highest BCUT2D eigenvalue weighted by Crippen LogP contribution is 2.06. The Hall–Kier alpha value is -2.08. The van der Waals surface area contributed by atoms with Crippen molar-refractivity contribution in [3.05, 3.63) is 35.4 Å². The lowest BCUT2D eigenvalue weighted by atomic mass is 10.1. The van der Waals surface area contributed by atoms with Crippen molar-refractivity contribution in [3.8, 4) is 0 Å². The van der Waals surface area contributed by atoms with Gasteiger partial charge in [0.25, 0.3) is 0 Å². The SMILES string of the molecule is CN=C(NCCN1CCN(C(C)=O)CC1)N(C)Cc1ccc(C)cc1. The molecule has 0 aromatic heterocycles. The van der Waals surface area contributed by atoms with Crippen molar-refractivity contribution in [2.75, 3.05) is 53.4 Å². The predicted octanol–water partition coefficient (Wildman–Crippen LogP) is 1.17. The Morgan fingerprint density at radius 2 is 1.84 bits per heavy atom. The van der Waals surface area contributed by atoms with Crippen LogP contribution in [0.15, 0.2) is 29.3 Å². The van der Waals surface area contributed by atoms with E-state index in [1.54, 1.807) is 6.92 Å². The monoisotopic (exact) mass is 345 g/mol. The van der Waals surface area contributed by atoms with Crippen LogP contribution in [0.2, 0.25) is 0 Å². The predicted molar refractivity (Wildman–Crippen MR) is 103 cm³/mol. The number of amides is 1. The number of piperazine rings is 1. The van der Waals surface area contributed by atoms with Crippen LogP contribution < -0.4 is 5.32 Å². The number of rotatable bonds is 5.